The molecule has 0 radical (unpaired) electrons. The van der Waals surface area contributed by atoms with Crippen LogP contribution >= 0.6 is 22.9 Å². The molecule has 1 unspecified atom stereocenters. The number of aromatic nitrogens is 1. The van der Waals surface area contributed by atoms with Crippen LogP contribution in [0.5, 0.6) is 0 Å². The zero-order chi connectivity index (χ0) is 12.3. The molecule has 17 heavy (non-hydrogen) atoms. The van der Waals surface area contributed by atoms with Gasteiger partial charge in [0.2, 0.25) is 0 Å². The van der Waals surface area contributed by atoms with E-state index in [1.54, 1.807) is 18.3 Å². The van der Waals surface area contributed by atoms with Crippen molar-refractivity contribution in [1.82, 2.24) is 10.3 Å². The predicted octanol–water partition coefficient (Wildman–Crippen LogP) is 3.63. The van der Waals surface area contributed by atoms with Gasteiger partial charge in [0.05, 0.1) is 6.04 Å². The molecule has 2 rings (SSSR count). The van der Waals surface area contributed by atoms with Gasteiger partial charge in [0.15, 0.2) is 0 Å². The van der Waals surface area contributed by atoms with Crippen LogP contribution in [0.15, 0.2) is 29.8 Å². The Balaban J connectivity index is 2.46. The molecule has 1 heterocycles. The van der Waals surface area contributed by atoms with Gasteiger partial charge in [0.25, 0.3) is 0 Å². The van der Waals surface area contributed by atoms with Gasteiger partial charge >= 0.3 is 0 Å². The van der Waals surface area contributed by atoms with Crippen molar-refractivity contribution in [3.63, 3.8) is 0 Å². The average Bonchev–Trinajstić information content (AvgIpc) is 2.80. The molecule has 90 valence electrons. The summed E-state index contributed by atoms with van der Waals surface area (Å²) in [6.45, 7) is 2.68. The van der Waals surface area contributed by atoms with Gasteiger partial charge in [-0.3, -0.25) is 0 Å². The Morgan fingerprint density at radius 1 is 1.53 bits per heavy atom. The van der Waals surface area contributed by atoms with Crippen molar-refractivity contribution >= 4 is 22.9 Å². The first-order valence-electron chi connectivity index (χ1n) is 5.30. The standard InChI is InChI=1S/C12H12ClFN2S/c1-2-15-11(12-16-6-7-17-12)10-8(13)4-3-5-9(10)14/h3-7,11,15H,2H2,1H3. The summed E-state index contributed by atoms with van der Waals surface area (Å²) in [5.41, 5.74) is 0.464. The normalized spacial score (nSPS) is 12.6. The minimum atomic E-state index is -0.307. The second-order valence-electron chi connectivity index (χ2n) is 3.50. The van der Waals surface area contributed by atoms with Gasteiger partial charge < -0.3 is 5.32 Å². The van der Waals surface area contributed by atoms with E-state index in [4.69, 9.17) is 11.6 Å². The lowest BCUT2D eigenvalue weighted by molar-refractivity contribution is 0.558. The van der Waals surface area contributed by atoms with E-state index in [9.17, 15) is 4.39 Å². The highest BCUT2D eigenvalue weighted by atomic mass is 35.5. The fourth-order valence-electron chi connectivity index (χ4n) is 1.68. The minimum absolute atomic E-state index is 0.284. The smallest absolute Gasteiger partial charge is 0.129 e. The summed E-state index contributed by atoms with van der Waals surface area (Å²) in [5, 5.41) is 6.32. The highest BCUT2D eigenvalue weighted by Gasteiger charge is 2.21. The highest BCUT2D eigenvalue weighted by Crippen LogP contribution is 2.31. The molecule has 0 spiro atoms. The lowest BCUT2D eigenvalue weighted by Gasteiger charge is -2.17. The second-order valence-corrected chi connectivity index (χ2v) is 4.83. The molecule has 1 aromatic heterocycles. The Bertz CT molecular complexity index is 467. The number of nitrogens with zero attached hydrogens (tertiary/aromatic N) is 1. The molecule has 0 aliphatic carbocycles. The molecule has 0 aliphatic rings. The quantitative estimate of drug-likeness (QED) is 0.918. The number of halogens is 2. The molecule has 0 amide bonds. The molecule has 0 saturated carbocycles. The monoisotopic (exact) mass is 270 g/mol. The number of hydrogen-bond donors (Lipinski definition) is 1. The summed E-state index contributed by atoms with van der Waals surface area (Å²) < 4.78 is 13.9. The van der Waals surface area contributed by atoms with Crippen LogP contribution in [0.1, 0.15) is 23.5 Å². The molecule has 2 nitrogen and oxygen atoms in total. The van der Waals surface area contributed by atoms with Crippen molar-refractivity contribution in [3.8, 4) is 0 Å². The van der Waals surface area contributed by atoms with Gasteiger partial charge in [-0.1, -0.05) is 24.6 Å². The minimum Gasteiger partial charge on any atom is -0.304 e. The number of hydrogen-bond acceptors (Lipinski definition) is 3. The summed E-state index contributed by atoms with van der Waals surface area (Å²) >= 11 is 7.56. The van der Waals surface area contributed by atoms with E-state index in [0.29, 0.717) is 10.6 Å². The third-order valence-electron chi connectivity index (χ3n) is 2.40. The third-order valence-corrected chi connectivity index (χ3v) is 3.56. The predicted molar refractivity (Wildman–Crippen MR) is 69.0 cm³/mol. The second kappa shape index (κ2) is 5.58. The molecule has 2 aromatic rings. The van der Waals surface area contributed by atoms with Crippen molar-refractivity contribution in [2.45, 2.75) is 13.0 Å². The zero-order valence-corrected chi connectivity index (χ0v) is 10.9. The average molecular weight is 271 g/mol. The molecule has 1 N–H and O–H groups in total. The third kappa shape index (κ3) is 2.65. The van der Waals surface area contributed by atoms with Gasteiger partial charge in [-0.2, -0.15) is 0 Å². The molecule has 5 heteroatoms. The Kier molecular flexibility index (Phi) is 4.10. The lowest BCUT2D eigenvalue weighted by Crippen LogP contribution is -2.23. The van der Waals surface area contributed by atoms with Crippen LogP contribution < -0.4 is 5.32 Å². The molecule has 0 saturated heterocycles. The molecule has 0 bridgehead atoms. The van der Waals surface area contributed by atoms with E-state index in [2.05, 4.69) is 10.3 Å². The summed E-state index contributed by atoms with van der Waals surface area (Å²) in [7, 11) is 0. The molecular weight excluding hydrogens is 259 g/mol. The van der Waals surface area contributed by atoms with Crippen LogP contribution in [0.2, 0.25) is 5.02 Å². The van der Waals surface area contributed by atoms with Gasteiger partial charge in [-0.25, -0.2) is 9.37 Å². The number of thiazole rings is 1. The van der Waals surface area contributed by atoms with Gasteiger partial charge in [-0.05, 0) is 18.7 Å². The summed E-state index contributed by atoms with van der Waals surface area (Å²) in [4.78, 5) is 4.22. The Labute approximate surface area is 108 Å². The van der Waals surface area contributed by atoms with Crippen LogP contribution in [0.3, 0.4) is 0 Å². The van der Waals surface area contributed by atoms with Gasteiger partial charge in [0, 0.05) is 22.2 Å². The van der Waals surface area contributed by atoms with Crippen LogP contribution in [0.25, 0.3) is 0 Å². The summed E-state index contributed by atoms with van der Waals surface area (Å²) in [6, 6.07) is 4.43. The molecule has 0 aliphatic heterocycles. The van der Waals surface area contributed by atoms with E-state index in [1.165, 1.54) is 17.4 Å². The first kappa shape index (κ1) is 12.5. The maximum Gasteiger partial charge on any atom is 0.129 e. The number of nitrogens with one attached hydrogen (secondary N) is 1. The van der Waals surface area contributed by atoms with Gasteiger partial charge in [-0.15, -0.1) is 11.3 Å². The topological polar surface area (TPSA) is 24.9 Å². The fraction of sp³-hybridized carbons (Fsp3) is 0.250. The van der Waals surface area contributed by atoms with Crippen LogP contribution in [-0.4, -0.2) is 11.5 Å². The van der Waals surface area contributed by atoms with Crippen molar-refractivity contribution in [3.05, 3.63) is 51.2 Å². The lowest BCUT2D eigenvalue weighted by atomic mass is 10.1. The molecular formula is C12H12ClFN2S. The van der Waals surface area contributed by atoms with E-state index in [-0.39, 0.29) is 11.9 Å². The maximum absolute atomic E-state index is 13.9. The highest BCUT2D eigenvalue weighted by molar-refractivity contribution is 7.09. The van der Waals surface area contributed by atoms with Crippen molar-refractivity contribution < 1.29 is 4.39 Å². The SMILES string of the molecule is CCNC(c1nccs1)c1c(F)cccc1Cl. The Morgan fingerprint density at radius 2 is 2.35 bits per heavy atom. The van der Waals surface area contributed by atoms with Crippen molar-refractivity contribution in [2.24, 2.45) is 0 Å². The zero-order valence-electron chi connectivity index (χ0n) is 9.28. The van der Waals surface area contributed by atoms with Crippen LogP contribution in [-0.2, 0) is 0 Å². The Hall–Kier alpha value is -0.970. The van der Waals surface area contributed by atoms with Gasteiger partial charge in [0.1, 0.15) is 10.8 Å². The van der Waals surface area contributed by atoms with Crippen molar-refractivity contribution in [2.75, 3.05) is 6.54 Å². The number of benzene rings is 1. The summed E-state index contributed by atoms with van der Waals surface area (Å²) in [5.74, 6) is -0.307. The van der Waals surface area contributed by atoms with Crippen molar-refractivity contribution in [1.29, 1.82) is 0 Å². The first-order chi connectivity index (χ1) is 8.24. The van der Waals surface area contributed by atoms with E-state index < -0.39 is 0 Å². The van der Waals surface area contributed by atoms with Crippen LogP contribution in [0.4, 0.5) is 4.39 Å². The molecule has 1 atom stereocenters. The molecule has 1 aromatic carbocycles. The maximum atomic E-state index is 13.9. The fourth-order valence-corrected chi connectivity index (χ4v) is 2.67. The summed E-state index contributed by atoms with van der Waals surface area (Å²) in [6.07, 6.45) is 1.71. The van der Waals surface area contributed by atoms with E-state index in [1.807, 2.05) is 12.3 Å². The largest absolute Gasteiger partial charge is 0.304 e. The first-order valence-corrected chi connectivity index (χ1v) is 6.56. The number of rotatable bonds is 4. The van der Waals surface area contributed by atoms with E-state index >= 15 is 0 Å². The van der Waals surface area contributed by atoms with E-state index in [0.717, 1.165) is 11.6 Å². The van der Waals surface area contributed by atoms with Crippen LogP contribution in [0, 0.1) is 5.82 Å². The molecule has 0 fully saturated rings. The Morgan fingerprint density at radius 3 is 2.94 bits per heavy atom.